The van der Waals surface area contributed by atoms with Crippen molar-refractivity contribution in [1.29, 1.82) is 0 Å². The summed E-state index contributed by atoms with van der Waals surface area (Å²) in [6, 6.07) is 39.4. The molecule has 0 fully saturated rings. The monoisotopic (exact) mass is 491 g/mol. The second-order valence-electron chi connectivity index (χ2n) is 8.82. The summed E-state index contributed by atoms with van der Waals surface area (Å²) in [6.07, 6.45) is -2.19. The largest absolute Gasteiger partial charge is 0.416 e. The van der Waals surface area contributed by atoms with Crippen LogP contribution in [0.4, 0.5) is 18.9 Å². The van der Waals surface area contributed by atoms with Crippen molar-refractivity contribution in [2.75, 3.05) is 5.73 Å². The van der Waals surface area contributed by atoms with Gasteiger partial charge in [0.2, 0.25) is 0 Å². The Labute approximate surface area is 214 Å². The molecule has 0 aromatic heterocycles. The van der Waals surface area contributed by atoms with Gasteiger partial charge in [-0.25, -0.2) is 0 Å². The molecule has 5 aromatic carbocycles. The van der Waals surface area contributed by atoms with E-state index in [1.807, 2.05) is 66.7 Å². The molecule has 1 nitrogen and oxygen atoms in total. The predicted molar refractivity (Wildman–Crippen MR) is 147 cm³/mol. The number of nitrogens with two attached hydrogens (primary N) is 1. The van der Waals surface area contributed by atoms with Gasteiger partial charge in [0.15, 0.2) is 0 Å². The molecule has 4 heteroatoms. The van der Waals surface area contributed by atoms with E-state index in [1.165, 1.54) is 12.1 Å². The fourth-order valence-corrected chi connectivity index (χ4v) is 4.26. The lowest BCUT2D eigenvalue weighted by Crippen LogP contribution is -2.03. The summed E-state index contributed by atoms with van der Waals surface area (Å²) in [6.45, 7) is 0. The van der Waals surface area contributed by atoms with Gasteiger partial charge in [-0.2, -0.15) is 13.2 Å². The fraction of sp³-hybridized carbons (Fsp3) is 0.0303. The molecule has 0 saturated heterocycles. The second-order valence-corrected chi connectivity index (χ2v) is 8.82. The van der Waals surface area contributed by atoms with Crippen LogP contribution in [0.3, 0.4) is 0 Å². The van der Waals surface area contributed by atoms with E-state index in [0.717, 1.165) is 62.3 Å². The van der Waals surface area contributed by atoms with Crippen molar-refractivity contribution in [2.45, 2.75) is 6.18 Å². The van der Waals surface area contributed by atoms with E-state index in [1.54, 1.807) is 0 Å². The summed E-state index contributed by atoms with van der Waals surface area (Å²) < 4.78 is 38.7. The number of alkyl halides is 3. The average Bonchev–Trinajstić information content (AvgIpc) is 2.93. The van der Waals surface area contributed by atoms with E-state index in [4.69, 9.17) is 5.73 Å². The van der Waals surface area contributed by atoms with Gasteiger partial charge < -0.3 is 5.73 Å². The number of rotatable bonds is 5. The molecule has 0 heterocycles. The van der Waals surface area contributed by atoms with Gasteiger partial charge in [-0.05, 0) is 74.9 Å². The Bertz CT molecular complexity index is 1500. The minimum Gasteiger partial charge on any atom is -0.399 e. The zero-order valence-corrected chi connectivity index (χ0v) is 19.9. The average molecular weight is 492 g/mol. The summed E-state index contributed by atoms with van der Waals surface area (Å²) in [4.78, 5) is 0. The van der Waals surface area contributed by atoms with Crippen LogP contribution in [0, 0.1) is 0 Å². The SMILES string of the molecule is Nc1ccc(-c2ccc(C=C(c3ccccc3)c3ccc(-c4ccc(C(F)(F)F)cc4)cc3)cc2)cc1. The third-order valence-corrected chi connectivity index (χ3v) is 6.29. The first-order valence-corrected chi connectivity index (χ1v) is 11.9. The van der Waals surface area contributed by atoms with Gasteiger partial charge in [-0.1, -0.05) is 103 Å². The molecule has 0 atom stereocenters. The van der Waals surface area contributed by atoms with Crippen LogP contribution in [-0.2, 0) is 6.18 Å². The highest BCUT2D eigenvalue weighted by Gasteiger charge is 2.29. The Kier molecular flexibility index (Phi) is 6.65. The Morgan fingerprint density at radius 2 is 0.946 bits per heavy atom. The van der Waals surface area contributed by atoms with Gasteiger partial charge in [0, 0.05) is 5.69 Å². The van der Waals surface area contributed by atoms with Crippen molar-refractivity contribution >= 4 is 17.3 Å². The van der Waals surface area contributed by atoms with Crippen LogP contribution in [0.25, 0.3) is 33.9 Å². The van der Waals surface area contributed by atoms with Crippen molar-refractivity contribution < 1.29 is 13.2 Å². The molecule has 0 radical (unpaired) electrons. The van der Waals surface area contributed by atoms with Crippen molar-refractivity contribution in [3.8, 4) is 22.3 Å². The number of anilines is 1. The van der Waals surface area contributed by atoms with Crippen LogP contribution in [0.2, 0.25) is 0 Å². The molecular weight excluding hydrogens is 467 g/mol. The molecule has 0 unspecified atom stereocenters. The molecule has 0 amide bonds. The lowest BCUT2D eigenvalue weighted by molar-refractivity contribution is -0.137. The van der Waals surface area contributed by atoms with Gasteiger partial charge in [0.05, 0.1) is 5.56 Å². The fourth-order valence-electron chi connectivity index (χ4n) is 4.26. The maximum Gasteiger partial charge on any atom is 0.416 e. The molecule has 0 aliphatic carbocycles. The minimum atomic E-state index is -4.34. The number of nitrogen functional groups attached to an aromatic ring is 1. The molecule has 5 aromatic rings. The smallest absolute Gasteiger partial charge is 0.399 e. The highest BCUT2D eigenvalue weighted by Crippen LogP contribution is 2.32. The molecule has 37 heavy (non-hydrogen) atoms. The third-order valence-electron chi connectivity index (χ3n) is 6.29. The number of hydrogen-bond donors (Lipinski definition) is 1. The van der Waals surface area contributed by atoms with Crippen molar-refractivity contribution in [3.63, 3.8) is 0 Å². The first-order valence-electron chi connectivity index (χ1n) is 11.9. The Morgan fingerprint density at radius 1 is 0.514 bits per heavy atom. The van der Waals surface area contributed by atoms with E-state index in [-0.39, 0.29) is 0 Å². The molecule has 0 aliphatic heterocycles. The number of benzene rings is 5. The van der Waals surface area contributed by atoms with Crippen LogP contribution in [0.1, 0.15) is 22.3 Å². The van der Waals surface area contributed by atoms with E-state index < -0.39 is 11.7 Å². The van der Waals surface area contributed by atoms with Crippen LogP contribution in [0.5, 0.6) is 0 Å². The predicted octanol–water partition coefficient (Wildman–Crippen LogP) is 9.21. The molecule has 2 N–H and O–H groups in total. The van der Waals surface area contributed by atoms with Crippen LogP contribution < -0.4 is 5.73 Å². The molecule has 0 spiro atoms. The molecule has 5 rings (SSSR count). The molecule has 0 saturated carbocycles. The summed E-state index contributed by atoms with van der Waals surface area (Å²) in [5, 5.41) is 0. The molecular formula is C33H24F3N. The van der Waals surface area contributed by atoms with Gasteiger partial charge in [0.25, 0.3) is 0 Å². The quantitative estimate of drug-likeness (QED) is 0.192. The molecule has 0 bridgehead atoms. The second kappa shape index (κ2) is 10.2. The summed E-state index contributed by atoms with van der Waals surface area (Å²) in [7, 11) is 0. The first kappa shape index (κ1) is 24.1. The molecule has 0 aliphatic rings. The van der Waals surface area contributed by atoms with Gasteiger partial charge in [-0.15, -0.1) is 0 Å². The van der Waals surface area contributed by atoms with E-state index >= 15 is 0 Å². The zero-order valence-electron chi connectivity index (χ0n) is 19.9. The van der Waals surface area contributed by atoms with Gasteiger partial charge in [-0.3, -0.25) is 0 Å². The highest BCUT2D eigenvalue weighted by atomic mass is 19.4. The minimum absolute atomic E-state index is 0.649. The number of halogens is 3. The van der Waals surface area contributed by atoms with Crippen LogP contribution >= 0.6 is 0 Å². The lowest BCUT2D eigenvalue weighted by Gasteiger charge is -2.12. The van der Waals surface area contributed by atoms with Crippen LogP contribution in [-0.4, -0.2) is 0 Å². The Balaban J connectivity index is 1.46. The van der Waals surface area contributed by atoms with Gasteiger partial charge >= 0.3 is 6.18 Å². The van der Waals surface area contributed by atoms with E-state index in [2.05, 4.69) is 42.5 Å². The maximum atomic E-state index is 12.9. The van der Waals surface area contributed by atoms with E-state index in [9.17, 15) is 13.2 Å². The third kappa shape index (κ3) is 5.65. The van der Waals surface area contributed by atoms with Crippen molar-refractivity contribution in [2.24, 2.45) is 0 Å². The topological polar surface area (TPSA) is 26.0 Å². The Hall–Kier alpha value is -4.57. The first-order chi connectivity index (χ1) is 17.9. The number of hydrogen-bond acceptors (Lipinski definition) is 1. The van der Waals surface area contributed by atoms with Crippen molar-refractivity contribution in [3.05, 3.63) is 150 Å². The van der Waals surface area contributed by atoms with Gasteiger partial charge in [0.1, 0.15) is 0 Å². The van der Waals surface area contributed by atoms with E-state index in [0.29, 0.717) is 0 Å². The normalized spacial score (nSPS) is 11.9. The Morgan fingerprint density at radius 3 is 1.46 bits per heavy atom. The standard InChI is InChI=1S/C33H24F3N/c34-33(35,36)30-18-14-26(15-19-30)25-10-12-29(13-11-25)32(28-4-2-1-3-5-28)22-23-6-8-24(9-7-23)27-16-20-31(37)21-17-27/h1-22H,37H2. The van der Waals surface area contributed by atoms with Crippen molar-refractivity contribution in [1.82, 2.24) is 0 Å². The molecule has 182 valence electrons. The maximum absolute atomic E-state index is 12.9. The zero-order chi connectivity index (χ0) is 25.8. The lowest BCUT2D eigenvalue weighted by atomic mass is 9.93. The summed E-state index contributed by atoms with van der Waals surface area (Å²) in [5.41, 5.74) is 13.9. The summed E-state index contributed by atoms with van der Waals surface area (Å²) >= 11 is 0. The summed E-state index contributed by atoms with van der Waals surface area (Å²) in [5.74, 6) is 0. The highest BCUT2D eigenvalue weighted by molar-refractivity contribution is 5.92. The van der Waals surface area contributed by atoms with Crippen LogP contribution in [0.15, 0.2) is 127 Å².